The van der Waals surface area contributed by atoms with Crippen LogP contribution >= 0.6 is 0 Å². The van der Waals surface area contributed by atoms with Crippen molar-refractivity contribution in [1.82, 2.24) is 15.6 Å². The Morgan fingerprint density at radius 2 is 1.90 bits per heavy atom. The smallest absolute Gasteiger partial charge is 0.271 e. The van der Waals surface area contributed by atoms with Gasteiger partial charge in [-0.15, -0.1) is 0 Å². The Bertz CT molecular complexity index is 875. The van der Waals surface area contributed by atoms with Crippen molar-refractivity contribution in [2.24, 2.45) is 0 Å². The van der Waals surface area contributed by atoms with E-state index in [1.54, 1.807) is 25.1 Å². The van der Waals surface area contributed by atoms with Crippen LogP contribution in [0.3, 0.4) is 0 Å². The van der Waals surface area contributed by atoms with Crippen molar-refractivity contribution in [3.8, 4) is 5.75 Å². The van der Waals surface area contributed by atoms with Crippen molar-refractivity contribution in [2.75, 3.05) is 7.05 Å². The number of carbonyl (C=O) groups is 2. The topological polar surface area (TPSA) is 103 Å². The van der Waals surface area contributed by atoms with Crippen molar-refractivity contribution in [2.45, 2.75) is 50.9 Å². The SMILES string of the molecule is CNC(=O)c1[nH]c(C(=O)NC2CCC(O)CC2)cc1OC(C)c1ccccc1F. The maximum absolute atomic E-state index is 14.0. The number of aromatic nitrogens is 1. The van der Waals surface area contributed by atoms with Crippen LogP contribution in [0.2, 0.25) is 0 Å². The van der Waals surface area contributed by atoms with Gasteiger partial charge in [0.05, 0.1) is 6.10 Å². The van der Waals surface area contributed by atoms with E-state index in [1.165, 1.54) is 19.2 Å². The molecule has 1 atom stereocenters. The Morgan fingerprint density at radius 1 is 1.21 bits per heavy atom. The van der Waals surface area contributed by atoms with Crippen LogP contribution in [0, 0.1) is 5.82 Å². The van der Waals surface area contributed by atoms with Gasteiger partial charge in [-0.2, -0.15) is 0 Å². The summed E-state index contributed by atoms with van der Waals surface area (Å²) in [5, 5.41) is 15.0. The van der Waals surface area contributed by atoms with E-state index in [4.69, 9.17) is 4.74 Å². The summed E-state index contributed by atoms with van der Waals surface area (Å²) in [7, 11) is 1.47. The number of hydrogen-bond acceptors (Lipinski definition) is 4. The fourth-order valence-electron chi connectivity index (χ4n) is 3.49. The molecule has 1 aromatic carbocycles. The van der Waals surface area contributed by atoms with Gasteiger partial charge < -0.3 is 25.5 Å². The Balaban J connectivity index is 1.78. The molecule has 1 heterocycles. The van der Waals surface area contributed by atoms with Gasteiger partial charge in [-0.25, -0.2) is 4.39 Å². The van der Waals surface area contributed by atoms with E-state index in [0.29, 0.717) is 31.2 Å². The zero-order valence-electron chi connectivity index (χ0n) is 16.5. The Kier molecular flexibility index (Phi) is 6.53. The molecule has 1 aliphatic carbocycles. The molecule has 0 bridgehead atoms. The molecule has 1 aromatic heterocycles. The zero-order chi connectivity index (χ0) is 21.0. The van der Waals surface area contributed by atoms with E-state index in [9.17, 15) is 19.1 Å². The molecular formula is C21H26FN3O4. The fourth-order valence-corrected chi connectivity index (χ4v) is 3.49. The highest BCUT2D eigenvalue weighted by molar-refractivity contribution is 5.99. The summed E-state index contributed by atoms with van der Waals surface area (Å²) in [4.78, 5) is 27.7. The lowest BCUT2D eigenvalue weighted by atomic mass is 9.93. The van der Waals surface area contributed by atoms with Gasteiger partial charge in [0, 0.05) is 24.7 Å². The normalized spacial score (nSPS) is 20.0. The summed E-state index contributed by atoms with van der Waals surface area (Å²) in [5.41, 5.74) is 0.633. The molecule has 0 saturated heterocycles. The lowest BCUT2D eigenvalue weighted by molar-refractivity contribution is 0.0863. The number of ether oxygens (including phenoxy) is 1. The number of amides is 2. The molecule has 2 aromatic rings. The van der Waals surface area contributed by atoms with Gasteiger partial charge in [0.1, 0.15) is 23.3 Å². The molecule has 0 aliphatic heterocycles. The van der Waals surface area contributed by atoms with E-state index in [0.717, 1.165) is 0 Å². The molecule has 156 valence electrons. The van der Waals surface area contributed by atoms with E-state index in [-0.39, 0.29) is 35.2 Å². The van der Waals surface area contributed by atoms with Crippen LogP contribution in [0.25, 0.3) is 0 Å². The number of aromatic amines is 1. The number of nitrogens with one attached hydrogen (secondary N) is 3. The average molecular weight is 403 g/mol. The van der Waals surface area contributed by atoms with Crippen LogP contribution in [0.1, 0.15) is 65.3 Å². The molecule has 1 aliphatic rings. The molecule has 2 amide bonds. The van der Waals surface area contributed by atoms with Gasteiger partial charge in [-0.05, 0) is 38.7 Å². The Labute approximate surface area is 168 Å². The summed E-state index contributed by atoms with van der Waals surface area (Å²) in [6.07, 6.45) is 1.72. The number of H-pyrrole nitrogens is 1. The van der Waals surface area contributed by atoms with Crippen LogP contribution in [-0.2, 0) is 0 Å². The van der Waals surface area contributed by atoms with Gasteiger partial charge in [0.25, 0.3) is 11.8 Å². The standard InChI is InChI=1S/C21H26FN3O4/c1-12(15-5-3-4-6-16(15)22)29-18-11-17(25-19(18)21(28)23-2)20(27)24-13-7-9-14(26)10-8-13/h3-6,11-14,25-26H,7-10H2,1-2H3,(H,23,28)(H,24,27). The summed E-state index contributed by atoms with van der Waals surface area (Å²) < 4.78 is 19.9. The maximum Gasteiger partial charge on any atom is 0.271 e. The van der Waals surface area contributed by atoms with Crippen molar-refractivity contribution in [3.05, 3.63) is 53.1 Å². The highest BCUT2D eigenvalue weighted by Gasteiger charge is 2.25. The maximum atomic E-state index is 14.0. The lowest BCUT2D eigenvalue weighted by Gasteiger charge is -2.25. The van der Waals surface area contributed by atoms with Gasteiger partial charge >= 0.3 is 0 Å². The first-order valence-corrected chi connectivity index (χ1v) is 9.74. The van der Waals surface area contributed by atoms with Gasteiger partial charge in [0.15, 0.2) is 5.75 Å². The second-order valence-electron chi connectivity index (χ2n) is 7.26. The molecule has 7 nitrogen and oxygen atoms in total. The van der Waals surface area contributed by atoms with E-state index in [1.807, 2.05) is 0 Å². The first kappa shape index (κ1) is 20.9. The zero-order valence-corrected chi connectivity index (χ0v) is 16.5. The number of benzene rings is 1. The number of rotatable bonds is 6. The van der Waals surface area contributed by atoms with Crippen LogP contribution in [0.15, 0.2) is 30.3 Å². The minimum absolute atomic E-state index is 0.0284. The minimum atomic E-state index is -0.661. The largest absolute Gasteiger partial charge is 0.483 e. The molecule has 4 N–H and O–H groups in total. The van der Waals surface area contributed by atoms with E-state index in [2.05, 4.69) is 15.6 Å². The first-order chi connectivity index (χ1) is 13.9. The van der Waals surface area contributed by atoms with Crippen molar-refractivity contribution >= 4 is 11.8 Å². The third-order valence-corrected chi connectivity index (χ3v) is 5.16. The molecule has 3 rings (SSSR count). The van der Waals surface area contributed by atoms with Gasteiger partial charge in [0.2, 0.25) is 0 Å². The summed E-state index contributed by atoms with van der Waals surface area (Å²) in [6.45, 7) is 1.67. The number of halogens is 1. The quantitative estimate of drug-likeness (QED) is 0.595. The Morgan fingerprint density at radius 3 is 2.55 bits per heavy atom. The van der Waals surface area contributed by atoms with Crippen molar-refractivity contribution in [3.63, 3.8) is 0 Å². The fraction of sp³-hybridized carbons (Fsp3) is 0.429. The summed E-state index contributed by atoms with van der Waals surface area (Å²) in [6, 6.07) is 7.66. The van der Waals surface area contributed by atoms with Crippen molar-refractivity contribution in [1.29, 1.82) is 0 Å². The monoisotopic (exact) mass is 403 g/mol. The van der Waals surface area contributed by atoms with Crippen LogP contribution < -0.4 is 15.4 Å². The summed E-state index contributed by atoms with van der Waals surface area (Å²) in [5.74, 6) is -1.04. The Hall–Kier alpha value is -2.87. The van der Waals surface area contributed by atoms with Gasteiger partial charge in [-0.1, -0.05) is 18.2 Å². The van der Waals surface area contributed by atoms with Crippen LogP contribution in [0.5, 0.6) is 5.75 Å². The molecule has 29 heavy (non-hydrogen) atoms. The first-order valence-electron chi connectivity index (χ1n) is 9.74. The molecule has 1 unspecified atom stereocenters. The van der Waals surface area contributed by atoms with Gasteiger partial charge in [-0.3, -0.25) is 9.59 Å². The summed E-state index contributed by atoms with van der Waals surface area (Å²) >= 11 is 0. The highest BCUT2D eigenvalue weighted by Crippen LogP contribution is 2.28. The molecule has 1 saturated carbocycles. The van der Waals surface area contributed by atoms with Crippen LogP contribution in [-0.4, -0.2) is 41.1 Å². The molecule has 0 spiro atoms. The van der Waals surface area contributed by atoms with Crippen molar-refractivity contribution < 1.29 is 23.8 Å². The number of hydrogen-bond donors (Lipinski definition) is 4. The number of aliphatic hydroxyl groups excluding tert-OH is 1. The third kappa shape index (κ3) is 4.95. The lowest BCUT2D eigenvalue weighted by Crippen LogP contribution is -2.38. The molecule has 8 heteroatoms. The number of aliphatic hydroxyl groups is 1. The second kappa shape index (κ2) is 9.09. The predicted molar refractivity (Wildman–Crippen MR) is 105 cm³/mol. The number of carbonyl (C=O) groups excluding carboxylic acids is 2. The van der Waals surface area contributed by atoms with Crippen LogP contribution in [0.4, 0.5) is 4.39 Å². The highest BCUT2D eigenvalue weighted by atomic mass is 19.1. The second-order valence-corrected chi connectivity index (χ2v) is 7.26. The minimum Gasteiger partial charge on any atom is -0.483 e. The average Bonchev–Trinajstić information content (AvgIpc) is 3.13. The van der Waals surface area contributed by atoms with E-state index < -0.39 is 17.8 Å². The molecular weight excluding hydrogens is 377 g/mol. The molecule has 1 fully saturated rings. The third-order valence-electron chi connectivity index (χ3n) is 5.16. The molecule has 0 radical (unpaired) electrons. The van der Waals surface area contributed by atoms with E-state index >= 15 is 0 Å². The predicted octanol–water partition coefficient (Wildman–Crippen LogP) is 2.69.